The molecule has 0 atom stereocenters. The summed E-state index contributed by atoms with van der Waals surface area (Å²) in [6.07, 6.45) is 2.03. The molecule has 2 saturated heterocycles. The predicted molar refractivity (Wildman–Crippen MR) is 138 cm³/mol. The van der Waals surface area contributed by atoms with E-state index in [0.717, 1.165) is 32.0 Å². The number of anilines is 3. The van der Waals surface area contributed by atoms with Crippen LogP contribution in [0, 0.1) is 0 Å². The number of nitrogens with one attached hydrogen (secondary N) is 1. The lowest BCUT2D eigenvalue weighted by atomic mass is 10.2. The Hall–Kier alpha value is -3.66. The molecule has 5 rings (SSSR count). The second kappa shape index (κ2) is 10.7. The second-order valence-corrected chi connectivity index (χ2v) is 9.47. The Labute approximate surface area is 209 Å². The summed E-state index contributed by atoms with van der Waals surface area (Å²) in [5, 5.41) is 5.27. The van der Waals surface area contributed by atoms with Gasteiger partial charge >= 0.3 is 6.03 Å². The van der Waals surface area contributed by atoms with Gasteiger partial charge in [0.25, 0.3) is 0 Å². The maximum absolute atomic E-state index is 12.8. The van der Waals surface area contributed by atoms with Gasteiger partial charge in [0.1, 0.15) is 5.82 Å². The van der Waals surface area contributed by atoms with Crippen LogP contribution in [0.5, 0.6) is 0 Å². The Bertz CT molecular complexity index is 1040. The zero-order valence-electron chi connectivity index (χ0n) is 19.5. The summed E-state index contributed by atoms with van der Waals surface area (Å²) in [5.41, 5.74) is 1.89. The largest absolute Gasteiger partial charge is 0.368 e. The quantitative estimate of drug-likeness (QED) is 0.591. The van der Waals surface area contributed by atoms with Crippen molar-refractivity contribution in [3.8, 4) is 0 Å². The molecule has 1 aromatic carbocycles. The molecule has 4 heterocycles. The van der Waals surface area contributed by atoms with Gasteiger partial charge in [0, 0.05) is 69.6 Å². The molecule has 3 amide bonds. The number of aromatic nitrogens is 2. The van der Waals surface area contributed by atoms with Gasteiger partial charge in [-0.1, -0.05) is 24.3 Å². The van der Waals surface area contributed by atoms with Crippen molar-refractivity contribution in [2.45, 2.75) is 6.42 Å². The van der Waals surface area contributed by atoms with Crippen molar-refractivity contribution < 1.29 is 9.59 Å². The van der Waals surface area contributed by atoms with Gasteiger partial charge in [-0.3, -0.25) is 10.1 Å². The van der Waals surface area contributed by atoms with Crippen LogP contribution >= 0.6 is 11.3 Å². The van der Waals surface area contributed by atoms with Gasteiger partial charge in [0.05, 0.1) is 12.1 Å². The molecule has 35 heavy (non-hydrogen) atoms. The summed E-state index contributed by atoms with van der Waals surface area (Å²) < 4.78 is 0. The molecule has 0 radical (unpaired) electrons. The van der Waals surface area contributed by atoms with Crippen LogP contribution in [0.1, 0.15) is 5.69 Å². The third kappa shape index (κ3) is 5.71. The lowest BCUT2D eigenvalue weighted by Gasteiger charge is -2.36. The Balaban J connectivity index is 1.07. The number of hydrogen-bond donors (Lipinski definition) is 1. The highest BCUT2D eigenvalue weighted by Crippen LogP contribution is 2.20. The average Bonchev–Trinajstić information content (AvgIpc) is 3.36. The molecule has 2 aliphatic heterocycles. The fraction of sp³-hybridized carbons (Fsp3) is 0.360. The van der Waals surface area contributed by atoms with Gasteiger partial charge in [-0.05, 0) is 24.3 Å². The molecule has 0 saturated carbocycles. The van der Waals surface area contributed by atoms with Crippen LogP contribution in [-0.2, 0) is 11.2 Å². The average molecular weight is 492 g/mol. The SMILES string of the molecule is O=C(Cc1csc(NC(=O)N2CCN(c3ccccn3)CC2)n1)N1CCN(c2ccccc2)CC1. The van der Waals surface area contributed by atoms with Crippen LogP contribution < -0.4 is 15.1 Å². The summed E-state index contributed by atoms with van der Waals surface area (Å²) in [7, 11) is 0. The summed E-state index contributed by atoms with van der Waals surface area (Å²) in [6, 6.07) is 16.0. The van der Waals surface area contributed by atoms with Crippen molar-refractivity contribution in [2.75, 3.05) is 67.5 Å². The van der Waals surface area contributed by atoms with Crippen LogP contribution in [0.4, 0.5) is 21.4 Å². The normalized spacial score (nSPS) is 16.3. The lowest BCUT2D eigenvalue weighted by molar-refractivity contribution is -0.130. The van der Waals surface area contributed by atoms with Gasteiger partial charge in [-0.15, -0.1) is 11.3 Å². The topological polar surface area (TPSA) is 84.9 Å². The minimum Gasteiger partial charge on any atom is -0.368 e. The number of pyridine rings is 1. The van der Waals surface area contributed by atoms with E-state index in [9.17, 15) is 9.59 Å². The zero-order valence-corrected chi connectivity index (χ0v) is 20.4. The fourth-order valence-corrected chi connectivity index (χ4v) is 5.12. The highest BCUT2D eigenvalue weighted by atomic mass is 32.1. The number of amides is 3. The first-order valence-electron chi connectivity index (χ1n) is 11.9. The molecule has 0 unspecified atom stereocenters. The van der Waals surface area contributed by atoms with Crippen molar-refractivity contribution in [3.05, 3.63) is 65.8 Å². The number of benzene rings is 1. The number of carbonyl (C=O) groups is 2. The van der Waals surface area contributed by atoms with Gasteiger partial charge < -0.3 is 19.6 Å². The number of thiazole rings is 1. The van der Waals surface area contributed by atoms with E-state index in [1.165, 1.54) is 17.0 Å². The van der Waals surface area contributed by atoms with Crippen molar-refractivity contribution >= 4 is 39.9 Å². The minimum absolute atomic E-state index is 0.0755. The smallest absolute Gasteiger partial charge is 0.323 e. The molecular weight excluding hydrogens is 462 g/mol. The Morgan fingerprint density at radius 1 is 0.829 bits per heavy atom. The van der Waals surface area contributed by atoms with Crippen LogP contribution in [0.15, 0.2) is 60.1 Å². The van der Waals surface area contributed by atoms with Gasteiger partial charge in [0.2, 0.25) is 5.91 Å². The lowest BCUT2D eigenvalue weighted by Crippen LogP contribution is -2.50. The van der Waals surface area contributed by atoms with E-state index in [2.05, 4.69) is 37.2 Å². The molecule has 9 nitrogen and oxygen atoms in total. The zero-order chi connectivity index (χ0) is 24.0. The third-order valence-corrected chi connectivity index (χ3v) is 7.20. The molecule has 1 N–H and O–H groups in total. The monoisotopic (exact) mass is 491 g/mol. The molecule has 0 spiro atoms. The molecule has 182 valence electrons. The maximum Gasteiger partial charge on any atom is 0.323 e. The van der Waals surface area contributed by atoms with Gasteiger partial charge in [-0.2, -0.15) is 0 Å². The number of para-hydroxylation sites is 1. The summed E-state index contributed by atoms with van der Waals surface area (Å²) >= 11 is 1.36. The molecule has 0 aliphatic carbocycles. The summed E-state index contributed by atoms with van der Waals surface area (Å²) in [6.45, 7) is 5.75. The van der Waals surface area contributed by atoms with E-state index in [0.29, 0.717) is 37.0 Å². The predicted octanol–water partition coefficient (Wildman–Crippen LogP) is 2.78. The standard InChI is InChI=1S/C25H29N7O2S/c33-23(31-14-10-29(11-15-31)21-6-2-1-3-7-21)18-20-19-35-24(27-20)28-25(34)32-16-12-30(13-17-32)22-8-4-5-9-26-22/h1-9,19H,10-18H2,(H,27,28,34). The maximum atomic E-state index is 12.8. The van der Waals surface area contributed by atoms with Crippen molar-refractivity contribution in [3.63, 3.8) is 0 Å². The molecule has 2 fully saturated rings. The first kappa shape index (κ1) is 23.1. The van der Waals surface area contributed by atoms with Crippen LogP contribution in [0.3, 0.4) is 0 Å². The van der Waals surface area contributed by atoms with Crippen molar-refractivity contribution in [2.24, 2.45) is 0 Å². The summed E-state index contributed by atoms with van der Waals surface area (Å²) in [4.78, 5) is 42.5. The fourth-order valence-electron chi connectivity index (χ4n) is 4.42. The van der Waals surface area contributed by atoms with E-state index < -0.39 is 0 Å². The first-order chi connectivity index (χ1) is 17.2. The van der Waals surface area contributed by atoms with Crippen LogP contribution in [0.25, 0.3) is 0 Å². The van der Waals surface area contributed by atoms with Gasteiger partial charge in [-0.25, -0.2) is 14.8 Å². The number of carbonyl (C=O) groups excluding carboxylic acids is 2. The number of rotatable bonds is 5. The van der Waals surface area contributed by atoms with E-state index >= 15 is 0 Å². The van der Waals surface area contributed by atoms with E-state index in [1.54, 1.807) is 11.1 Å². The Morgan fingerprint density at radius 2 is 1.51 bits per heavy atom. The minimum atomic E-state index is -0.157. The molecular formula is C25H29N7O2S. The van der Waals surface area contributed by atoms with Crippen LogP contribution in [-0.4, -0.2) is 84.1 Å². The highest BCUT2D eigenvalue weighted by molar-refractivity contribution is 7.13. The molecule has 2 aromatic heterocycles. The third-order valence-electron chi connectivity index (χ3n) is 6.39. The van der Waals surface area contributed by atoms with Gasteiger partial charge in [0.15, 0.2) is 5.13 Å². The first-order valence-corrected chi connectivity index (χ1v) is 12.8. The van der Waals surface area contributed by atoms with Crippen LogP contribution in [0.2, 0.25) is 0 Å². The van der Waals surface area contributed by atoms with Crippen molar-refractivity contribution in [1.29, 1.82) is 0 Å². The number of piperazine rings is 2. The Kier molecular flexibility index (Phi) is 7.08. The molecule has 2 aliphatic rings. The molecule has 10 heteroatoms. The van der Waals surface area contributed by atoms with Crippen molar-refractivity contribution in [1.82, 2.24) is 19.8 Å². The molecule has 3 aromatic rings. The number of urea groups is 1. The number of nitrogens with zero attached hydrogens (tertiary/aromatic N) is 6. The Morgan fingerprint density at radius 3 is 2.23 bits per heavy atom. The summed E-state index contributed by atoms with van der Waals surface area (Å²) in [5.74, 6) is 1.01. The van der Waals surface area contributed by atoms with E-state index in [-0.39, 0.29) is 18.4 Å². The number of hydrogen-bond acceptors (Lipinski definition) is 7. The molecule has 0 bridgehead atoms. The highest BCUT2D eigenvalue weighted by Gasteiger charge is 2.24. The second-order valence-electron chi connectivity index (χ2n) is 8.62. The van der Waals surface area contributed by atoms with E-state index in [1.807, 2.05) is 46.7 Å². The van der Waals surface area contributed by atoms with E-state index in [4.69, 9.17) is 0 Å².